The van der Waals surface area contributed by atoms with Crippen molar-refractivity contribution in [1.29, 1.82) is 0 Å². The normalized spacial score (nSPS) is 29.8. The Hall–Kier alpha value is -5.29. The number of methoxy groups -OCH3 is 2. The predicted octanol–water partition coefficient (Wildman–Crippen LogP) is 1.94. The van der Waals surface area contributed by atoms with E-state index in [4.69, 9.17) is 18.9 Å². The number of esters is 1. The van der Waals surface area contributed by atoms with E-state index in [1.54, 1.807) is 37.3 Å². The molecule has 3 aromatic carbocycles. The fourth-order valence-electron chi connectivity index (χ4n) is 8.44. The van der Waals surface area contributed by atoms with Gasteiger partial charge in [0.25, 0.3) is 0 Å². The summed E-state index contributed by atoms with van der Waals surface area (Å²) in [6, 6.07) is 11.0. The number of ether oxygens (including phenoxy) is 4. The summed E-state index contributed by atoms with van der Waals surface area (Å²) in [5, 5.41) is 61.0. The molecule has 0 saturated carbocycles. The number of phenols is 2. The number of hydrogen-bond acceptors (Lipinski definition) is 15. The number of aliphatic hydroxyl groups is 3. The molecule has 1 aliphatic heterocycles. The largest absolute Gasteiger partial charge is 0.507 e. The molecule has 7 rings (SSSR count). The average molecular weight is 758 g/mol. The number of benzene rings is 3. The fourth-order valence-corrected chi connectivity index (χ4v) is 8.44. The van der Waals surface area contributed by atoms with Crippen LogP contribution in [-0.4, -0.2) is 106 Å². The number of aliphatic hydroxyl groups excluding tert-OH is 2. The number of hydrogen-bond donors (Lipinski definition) is 6. The van der Waals surface area contributed by atoms with Gasteiger partial charge in [0.1, 0.15) is 42.0 Å². The monoisotopic (exact) mass is 757 g/mol. The van der Waals surface area contributed by atoms with Gasteiger partial charge in [-0.25, -0.2) is 4.79 Å². The third-order valence-electron chi connectivity index (χ3n) is 11.4. The zero-order valence-electron chi connectivity index (χ0n) is 30.4. The van der Waals surface area contributed by atoms with Crippen LogP contribution in [0, 0.1) is 12.3 Å². The number of allylic oxidation sites excluding steroid dienone is 2. The molecule has 1 unspecified atom stereocenters. The van der Waals surface area contributed by atoms with E-state index in [-0.39, 0.29) is 29.9 Å². The van der Waals surface area contributed by atoms with Gasteiger partial charge in [-0.05, 0) is 43.5 Å². The molecule has 0 radical (unpaired) electrons. The van der Waals surface area contributed by atoms with Gasteiger partial charge in [0.2, 0.25) is 11.6 Å². The molecule has 3 aliphatic carbocycles. The number of carbonyl (C=O) groups is 5. The molecule has 3 aromatic rings. The van der Waals surface area contributed by atoms with Crippen LogP contribution >= 0.6 is 0 Å². The summed E-state index contributed by atoms with van der Waals surface area (Å²) in [5.74, 6) is -7.17. The van der Waals surface area contributed by atoms with Crippen molar-refractivity contribution in [2.45, 2.75) is 76.1 Å². The Labute approximate surface area is 314 Å². The first-order chi connectivity index (χ1) is 26.0. The average Bonchev–Trinajstić information content (AvgIpc) is 3.14. The van der Waals surface area contributed by atoms with E-state index in [1.807, 2.05) is 0 Å². The lowest BCUT2D eigenvalue weighted by Gasteiger charge is -2.52. The number of fused-ring (bicyclic) bond motifs is 5. The highest BCUT2D eigenvalue weighted by atomic mass is 16.6. The predicted molar refractivity (Wildman–Crippen MR) is 189 cm³/mol. The molecule has 4 aliphatic rings. The van der Waals surface area contributed by atoms with Gasteiger partial charge < -0.3 is 49.8 Å². The third kappa shape index (κ3) is 5.37. The van der Waals surface area contributed by atoms with Crippen molar-refractivity contribution in [1.82, 2.24) is 5.32 Å². The number of phenolic OH excluding ortho intramolecular Hbond substituents is 2. The fraction of sp³-hybridized carbons (Fsp3) is 0.375. The molecule has 1 heterocycles. The van der Waals surface area contributed by atoms with Crippen LogP contribution in [0.5, 0.6) is 11.5 Å². The van der Waals surface area contributed by atoms with Crippen LogP contribution in [0.4, 0.5) is 0 Å². The quantitative estimate of drug-likeness (QED) is 0.189. The summed E-state index contributed by atoms with van der Waals surface area (Å²) < 4.78 is 22.1. The molecule has 1 saturated heterocycles. The number of aryl methyl sites for hydroxylation is 1. The number of Topliss-reactive ketones (excluding diaryl/α,β-unsaturated/α-hetero) is 3. The lowest BCUT2D eigenvalue weighted by molar-refractivity contribution is -0.236. The van der Waals surface area contributed by atoms with Gasteiger partial charge in [-0.15, -0.1) is 0 Å². The molecule has 8 atom stereocenters. The maximum absolute atomic E-state index is 14.7. The summed E-state index contributed by atoms with van der Waals surface area (Å²) in [6.45, 7) is 4.03. The van der Waals surface area contributed by atoms with Crippen LogP contribution in [0.3, 0.4) is 0 Å². The highest BCUT2D eigenvalue weighted by Gasteiger charge is 2.69. The molecular formula is C40H39NO14. The van der Waals surface area contributed by atoms with E-state index in [0.29, 0.717) is 5.56 Å². The lowest BCUT2D eigenvalue weighted by Crippen LogP contribution is -2.65. The second kappa shape index (κ2) is 13.5. The van der Waals surface area contributed by atoms with Gasteiger partial charge in [-0.1, -0.05) is 36.4 Å². The minimum absolute atomic E-state index is 0.0573. The Balaban J connectivity index is 1.31. The van der Waals surface area contributed by atoms with Crippen molar-refractivity contribution in [3.63, 3.8) is 0 Å². The molecule has 0 aromatic heterocycles. The minimum Gasteiger partial charge on any atom is -0.507 e. The minimum atomic E-state index is -3.05. The number of ketones is 4. The Morgan fingerprint density at radius 3 is 2.27 bits per heavy atom. The van der Waals surface area contributed by atoms with Crippen molar-refractivity contribution < 1.29 is 68.5 Å². The number of aromatic hydroxyl groups is 2. The molecule has 0 amide bonds. The summed E-state index contributed by atoms with van der Waals surface area (Å²) in [6.07, 6.45) is -6.22. The topological polar surface area (TPSA) is 235 Å². The molecular weight excluding hydrogens is 718 g/mol. The standard InChI is InChI=1S/C40H39NO14/c1-16-11-19-12-24(43)39(3)36(49)27-21(35(48)40(39,51)28(19)31(46)25(16)38(50)54-15-18-9-7-6-8-10-18)13-20-26(30(27)45)23(42)14-22(29(20)44)41-37-34(53-5)32(47)33(52-4)17(2)55-37/h6-11,13-14,17,24,32-34,37,41,43,45-47,51H,12,15H2,1-5H3/t17-,24+,32+,33-,34+,37?,39-,40-/m0/s1. The molecule has 0 spiro atoms. The van der Waals surface area contributed by atoms with Crippen LogP contribution in [0.1, 0.15) is 87.9 Å². The molecule has 15 heteroatoms. The van der Waals surface area contributed by atoms with E-state index in [2.05, 4.69) is 5.32 Å². The smallest absolute Gasteiger partial charge is 0.342 e. The van der Waals surface area contributed by atoms with Gasteiger partial charge in [-0.3, -0.25) is 19.2 Å². The first-order valence-corrected chi connectivity index (χ1v) is 17.5. The van der Waals surface area contributed by atoms with Crippen molar-refractivity contribution in [3.8, 4) is 11.5 Å². The Kier molecular flexibility index (Phi) is 9.31. The van der Waals surface area contributed by atoms with Crippen LogP contribution in [0.2, 0.25) is 0 Å². The van der Waals surface area contributed by atoms with Crippen LogP contribution in [0.25, 0.3) is 0 Å². The highest BCUT2D eigenvalue weighted by molar-refractivity contribution is 6.30. The maximum Gasteiger partial charge on any atom is 0.342 e. The van der Waals surface area contributed by atoms with Crippen molar-refractivity contribution in [3.05, 3.63) is 104 Å². The lowest BCUT2D eigenvalue weighted by atomic mass is 9.51. The van der Waals surface area contributed by atoms with E-state index in [0.717, 1.165) is 19.1 Å². The van der Waals surface area contributed by atoms with Gasteiger partial charge in [0.15, 0.2) is 23.4 Å². The number of nitrogens with one attached hydrogen (secondary N) is 1. The zero-order chi connectivity index (χ0) is 39.9. The van der Waals surface area contributed by atoms with Crippen molar-refractivity contribution in [2.24, 2.45) is 5.41 Å². The highest BCUT2D eigenvalue weighted by Crippen LogP contribution is 2.59. The van der Waals surface area contributed by atoms with E-state index in [9.17, 15) is 49.5 Å². The first-order valence-electron chi connectivity index (χ1n) is 17.5. The molecule has 55 heavy (non-hydrogen) atoms. The Bertz CT molecular complexity index is 2210. The SMILES string of the molecule is CO[C@@H]1[C@@H](O)[C@@H](OC)C(NC2=CC(=O)c3c(cc4c(c3O)C(=O)[C@]3(C)[C@H](O)Cc5cc(C)c(C(=O)OCc6ccccc6)c(O)c5[C@]3(O)C4=O)C2=O)O[C@H]1C. The van der Waals surface area contributed by atoms with Crippen LogP contribution < -0.4 is 5.32 Å². The summed E-state index contributed by atoms with van der Waals surface area (Å²) >= 11 is 0. The summed E-state index contributed by atoms with van der Waals surface area (Å²) in [7, 11) is 2.68. The summed E-state index contributed by atoms with van der Waals surface area (Å²) in [4.78, 5) is 70.3. The van der Waals surface area contributed by atoms with Crippen LogP contribution in [-0.2, 0) is 37.6 Å². The van der Waals surface area contributed by atoms with Crippen molar-refractivity contribution >= 4 is 29.1 Å². The second-order valence-corrected chi connectivity index (χ2v) is 14.4. The molecule has 6 N–H and O–H groups in total. The molecule has 15 nitrogen and oxygen atoms in total. The van der Waals surface area contributed by atoms with Gasteiger partial charge >= 0.3 is 5.97 Å². The third-order valence-corrected chi connectivity index (χ3v) is 11.4. The Morgan fingerprint density at radius 2 is 1.62 bits per heavy atom. The second-order valence-electron chi connectivity index (χ2n) is 14.4. The van der Waals surface area contributed by atoms with Crippen molar-refractivity contribution in [2.75, 3.05) is 14.2 Å². The van der Waals surface area contributed by atoms with E-state index >= 15 is 0 Å². The molecule has 0 bridgehead atoms. The van der Waals surface area contributed by atoms with Crippen LogP contribution in [0.15, 0.2) is 54.2 Å². The van der Waals surface area contributed by atoms with Gasteiger partial charge in [-0.2, -0.15) is 0 Å². The van der Waals surface area contributed by atoms with E-state index in [1.165, 1.54) is 27.2 Å². The molecule has 1 fully saturated rings. The summed E-state index contributed by atoms with van der Waals surface area (Å²) in [5.41, 5.74) is -8.39. The number of rotatable bonds is 7. The van der Waals surface area contributed by atoms with Gasteiger partial charge in [0.05, 0.1) is 34.4 Å². The Morgan fingerprint density at radius 1 is 0.945 bits per heavy atom. The first kappa shape index (κ1) is 38.0. The zero-order valence-corrected chi connectivity index (χ0v) is 30.4. The maximum atomic E-state index is 14.7. The van der Waals surface area contributed by atoms with E-state index < -0.39 is 122 Å². The number of carbonyl (C=O) groups excluding carboxylic acids is 5. The molecule has 288 valence electrons. The van der Waals surface area contributed by atoms with Gasteiger partial charge in [0, 0.05) is 43.4 Å².